The molecular weight excluding hydrogens is 316 g/mol. The number of hydrogen-bond donors (Lipinski definition) is 1. The van der Waals surface area contributed by atoms with Crippen LogP contribution in [0.3, 0.4) is 0 Å². The first kappa shape index (κ1) is 17.7. The fraction of sp³-hybridized carbons (Fsp3) is 0.611. The first-order chi connectivity index (χ1) is 12.0. The molecule has 1 atom stereocenters. The molecule has 136 valence electrons. The van der Waals surface area contributed by atoms with Gasteiger partial charge in [-0.05, 0) is 58.2 Å². The van der Waals surface area contributed by atoms with Crippen molar-refractivity contribution in [2.75, 3.05) is 18.4 Å². The molecule has 1 aliphatic rings. The van der Waals surface area contributed by atoms with E-state index in [1.807, 2.05) is 35.6 Å². The quantitative estimate of drug-likeness (QED) is 0.904. The lowest BCUT2D eigenvalue weighted by molar-refractivity contribution is -0.121. The second kappa shape index (κ2) is 7.39. The van der Waals surface area contributed by atoms with Crippen molar-refractivity contribution in [2.24, 2.45) is 7.05 Å². The number of amides is 1. The second-order valence-corrected chi connectivity index (χ2v) is 7.18. The van der Waals surface area contributed by atoms with E-state index in [0.29, 0.717) is 5.92 Å². The van der Waals surface area contributed by atoms with E-state index >= 15 is 0 Å². The molecule has 0 aromatic carbocycles. The van der Waals surface area contributed by atoms with Crippen LogP contribution in [0.4, 0.5) is 5.82 Å². The zero-order chi connectivity index (χ0) is 18.0. The number of carbonyl (C=O) groups is 1. The largest absolute Gasteiger partial charge is 0.310 e. The summed E-state index contributed by atoms with van der Waals surface area (Å²) in [4.78, 5) is 14.9. The Labute approximate surface area is 149 Å². The maximum absolute atomic E-state index is 12.6. The number of nitrogens with one attached hydrogen (secondary N) is 1. The van der Waals surface area contributed by atoms with E-state index in [2.05, 4.69) is 40.5 Å². The van der Waals surface area contributed by atoms with Gasteiger partial charge < -0.3 is 5.32 Å². The fourth-order valence-electron chi connectivity index (χ4n) is 3.49. The SMILES string of the molecule is CC(C(=O)Nc1ccnn1C(C)C)N1CCC(c2cnn(C)c2)CC1. The van der Waals surface area contributed by atoms with Crippen LogP contribution in [0.25, 0.3) is 0 Å². The zero-order valence-electron chi connectivity index (χ0n) is 15.5. The number of nitrogens with zero attached hydrogens (tertiary/aromatic N) is 5. The second-order valence-electron chi connectivity index (χ2n) is 7.18. The van der Waals surface area contributed by atoms with Gasteiger partial charge in [0.05, 0.1) is 18.4 Å². The van der Waals surface area contributed by atoms with Crippen LogP contribution < -0.4 is 5.32 Å². The van der Waals surface area contributed by atoms with Crippen molar-refractivity contribution in [3.05, 3.63) is 30.2 Å². The van der Waals surface area contributed by atoms with Crippen LogP contribution in [-0.4, -0.2) is 49.5 Å². The minimum absolute atomic E-state index is 0.0298. The first-order valence-corrected chi connectivity index (χ1v) is 9.02. The van der Waals surface area contributed by atoms with Crippen LogP contribution in [0.15, 0.2) is 24.7 Å². The lowest BCUT2D eigenvalue weighted by Gasteiger charge is -2.35. The third-order valence-corrected chi connectivity index (χ3v) is 5.06. The molecule has 1 aliphatic heterocycles. The van der Waals surface area contributed by atoms with Crippen LogP contribution in [-0.2, 0) is 11.8 Å². The highest BCUT2D eigenvalue weighted by Crippen LogP contribution is 2.28. The van der Waals surface area contributed by atoms with Gasteiger partial charge in [0, 0.05) is 25.4 Å². The number of likely N-dealkylation sites (tertiary alicyclic amines) is 1. The highest BCUT2D eigenvalue weighted by atomic mass is 16.2. The molecule has 7 heteroatoms. The van der Waals surface area contributed by atoms with Crippen LogP contribution in [0.1, 0.15) is 51.1 Å². The van der Waals surface area contributed by atoms with Gasteiger partial charge in [0.1, 0.15) is 5.82 Å². The van der Waals surface area contributed by atoms with Crippen molar-refractivity contribution >= 4 is 11.7 Å². The standard InChI is InChI=1S/C18H28N6O/c1-13(2)24-17(5-8-19-24)21-18(25)14(3)23-9-6-15(7-10-23)16-11-20-22(4)12-16/h5,8,11-15H,6-7,9-10H2,1-4H3,(H,21,25). The lowest BCUT2D eigenvalue weighted by atomic mass is 9.91. The minimum atomic E-state index is -0.148. The number of hydrogen-bond acceptors (Lipinski definition) is 4. The molecule has 1 fully saturated rings. The van der Waals surface area contributed by atoms with E-state index in [0.717, 1.165) is 31.7 Å². The van der Waals surface area contributed by atoms with Crippen molar-refractivity contribution in [3.8, 4) is 0 Å². The van der Waals surface area contributed by atoms with Gasteiger partial charge in [-0.1, -0.05) is 0 Å². The molecule has 1 saturated heterocycles. The summed E-state index contributed by atoms with van der Waals surface area (Å²) < 4.78 is 3.69. The Morgan fingerprint density at radius 2 is 1.96 bits per heavy atom. The number of aryl methyl sites for hydroxylation is 1. The van der Waals surface area contributed by atoms with Crippen LogP contribution in [0, 0.1) is 0 Å². The predicted octanol–water partition coefficient (Wildman–Crippen LogP) is 2.40. The van der Waals surface area contributed by atoms with Crippen LogP contribution in [0.2, 0.25) is 0 Å². The molecule has 1 amide bonds. The molecule has 1 unspecified atom stereocenters. The van der Waals surface area contributed by atoms with Gasteiger partial charge in [-0.25, -0.2) is 4.68 Å². The molecule has 0 spiro atoms. The summed E-state index contributed by atoms with van der Waals surface area (Å²) in [6.45, 7) is 7.94. The molecule has 2 aromatic rings. The normalized spacial score (nSPS) is 17.8. The van der Waals surface area contributed by atoms with Gasteiger partial charge >= 0.3 is 0 Å². The van der Waals surface area contributed by atoms with Crippen molar-refractivity contribution in [2.45, 2.75) is 51.6 Å². The third-order valence-electron chi connectivity index (χ3n) is 5.06. The summed E-state index contributed by atoms with van der Waals surface area (Å²) >= 11 is 0. The van der Waals surface area contributed by atoms with E-state index in [1.165, 1.54) is 5.56 Å². The van der Waals surface area contributed by atoms with Gasteiger partial charge in [0.2, 0.25) is 5.91 Å². The Kier molecular flexibility index (Phi) is 5.22. The van der Waals surface area contributed by atoms with Crippen LogP contribution >= 0.6 is 0 Å². The Morgan fingerprint density at radius 1 is 1.24 bits per heavy atom. The fourth-order valence-corrected chi connectivity index (χ4v) is 3.49. The summed E-state index contributed by atoms with van der Waals surface area (Å²) in [7, 11) is 1.95. The van der Waals surface area contributed by atoms with Gasteiger partial charge in [-0.3, -0.25) is 14.4 Å². The van der Waals surface area contributed by atoms with E-state index in [-0.39, 0.29) is 18.0 Å². The molecule has 0 aliphatic carbocycles. The molecular formula is C18H28N6O. The Morgan fingerprint density at radius 3 is 2.56 bits per heavy atom. The first-order valence-electron chi connectivity index (χ1n) is 9.02. The number of aromatic nitrogens is 4. The number of piperidine rings is 1. The lowest BCUT2D eigenvalue weighted by Crippen LogP contribution is -2.46. The minimum Gasteiger partial charge on any atom is -0.310 e. The van der Waals surface area contributed by atoms with Crippen LogP contribution in [0.5, 0.6) is 0 Å². The van der Waals surface area contributed by atoms with Crippen molar-refractivity contribution < 1.29 is 4.79 Å². The topological polar surface area (TPSA) is 68.0 Å². The summed E-state index contributed by atoms with van der Waals surface area (Å²) in [5.74, 6) is 1.34. The molecule has 2 aromatic heterocycles. The van der Waals surface area contributed by atoms with Gasteiger partial charge in [0.25, 0.3) is 0 Å². The van der Waals surface area contributed by atoms with Gasteiger partial charge in [-0.15, -0.1) is 0 Å². The van der Waals surface area contributed by atoms with Crippen molar-refractivity contribution in [1.82, 2.24) is 24.5 Å². The molecule has 0 radical (unpaired) electrons. The van der Waals surface area contributed by atoms with Gasteiger partial charge in [0.15, 0.2) is 0 Å². The predicted molar refractivity (Wildman–Crippen MR) is 97.5 cm³/mol. The molecule has 3 heterocycles. The molecule has 1 N–H and O–H groups in total. The zero-order valence-corrected chi connectivity index (χ0v) is 15.5. The maximum Gasteiger partial charge on any atom is 0.242 e. The Balaban J connectivity index is 1.55. The van der Waals surface area contributed by atoms with E-state index in [4.69, 9.17) is 0 Å². The number of anilines is 1. The molecule has 0 saturated carbocycles. The van der Waals surface area contributed by atoms with Crippen molar-refractivity contribution in [1.29, 1.82) is 0 Å². The van der Waals surface area contributed by atoms with Crippen molar-refractivity contribution in [3.63, 3.8) is 0 Å². The average Bonchev–Trinajstić information content (AvgIpc) is 3.23. The third kappa shape index (κ3) is 3.92. The average molecular weight is 344 g/mol. The monoisotopic (exact) mass is 344 g/mol. The summed E-state index contributed by atoms with van der Waals surface area (Å²) in [6.07, 6.45) is 7.91. The summed E-state index contributed by atoms with van der Waals surface area (Å²) in [5.41, 5.74) is 1.31. The summed E-state index contributed by atoms with van der Waals surface area (Å²) in [6, 6.07) is 1.92. The number of carbonyl (C=O) groups excluding carboxylic acids is 1. The van der Waals surface area contributed by atoms with Gasteiger partial charge in [-0.2, -0.15) is 10.2 Å². The van der Waals surface area contributed by atoms with E-state index in [9.17, 15) is 4.79 Å². The maximum atomic E-state index is 12.6. The highest BCUT2D eigenvalue weighted by molar-refractivity contribution is 5.93. The Bertz CT molecular complexity index is 711. The number of rotatable bonds is 5. The van der Waals surface area contributed by atoms with E-state index < -0.39 is 0 Å². The molecule has 7 nitrogen and oxygen atoms in total. The molecule has 3 rings (SSSR count). The smallest absolute Gasteiger partial charge is 0.242 e. The Hall–Kier alpha value is -2.15. The molecule has 25 heavy (non-hydrogen) atoms. The molecule has 0 bridgehead atoms. The summed E-state index contributed by atoms with van der Waals surface area (Å²) in [5, 5.41) is 11.6. The van der Waals surface area contributed by atoms with E-state index in [1.54, 1.807) is 6.20 Å². The highest BCUT2D eigenvalue weighted by Gasteiger charge is 2.28.